The average Bonchev–Trinajstić information content (AvgIpc) is 3.43. The Hall–Kier alpha value is -4.16. The minimum absolute atomic E-state index is 0.162. The maximum absolute atomic E-state index is 12.4. The fourth-order valence-electron chi connectivity index (χ4n) is 3.63. The number of carbonyl (C=O) groups is 1. The van der Waals surface area contributed by atoms with Gasteiger partial charge in [0.15, 0.2) is 10.8 Å². The molecular weight excluding hydrogens is 434 g/mol. The number of rotatable bonds is 5. The normalized spacial score (nSPS) is 11.1. The van der Waals surface area contributed by atoms with Crippen LogP contribution in [0, 0.1) is 25.2 Å². The zero-order valence-electron chi connectivity index (χ0n) is 18.0. The maximum atomic E-state index is 12.4. The monoisotopic (exact) mass is 453 g/mol. The molecule has 0 unspecified atom stereocenters. The van der Waals surface area contributed by atoms with Crippen molar-refractivity contribution in [3.05, 3.63) is 77.6 Å². The molecule has 0 aliphatic carbocycles. The van der Waals surface area contributed by atoms with Crippen molar-refractivity contribution in [1.82, 2.24) is 24.2 Å². The number of aromatic nitrogens is 5. The van der Waals surface area contributed by atoms with E-state index in [1.165, 1.54) is 17.3 Å². The lowest BCUT2D eigenvalue weighted by Gasteiger charge is -2.05. The van der Waals surface area contributed by atoms with E-state index in [2.05, 4.69) is 53.6 Å². The highest BCUT2D eigenvalue weighted by Gasteiger charge is 2.15. The van der Waals surface area contributed by atoms with Gasteiger partial charge < -0.3 is 5.32 Å². The van der Waals surface area contributed by atoms with E-state index in [-0.39, 0.29) is 11.7 Å². The Labute approximate surface area is 193 Å². The van der Waals surface area contributed by atoms with Crippen molar-refractivity contribution in [2.45, 2.75) is 19.0 Å². The van der Waals surface area contributed by atoms with Crippen LogP contribution in [0.4, 0.5) is 5.69 Å². The summed E-state index contributed by atoms with van der Waals surface area (Å²) in [4.78, 5) is 12.4. The molecule has 0 spiro atoms. The minimum atomic E-state index is -0.186. The maximum Gasteiger partial charge on any atom is 0.234 e. The summed E-state index contributed by atoms with van der Waals surface area (Å²) in [5.74, 6) is -0.0232. The third-order valence-corrected chi connectivity index (χ3v) is 6.21. The fraction of sp³-hybridized carbons (Fsp3) is 0.125. The SMILES string of the molecule is Cc1ccc(C)c(-c2cc3c4nnc(SCC(=O)Nc5cccc(C#N)c5)n4ccn3n2)c1. The molecule has 0 saturated carbocycles. The minimum Gasteiger partial charge on any atom is -0.325 e. The summed E-state index contributed by atoms with van der Waals surface area (Å²) in [7, 11) is 0. The fourth-order valence-corrected chi connectivity index (χ4v) is 4.34. The topological polar surface area (TPSA) is 100 Å². The first-order chi connectivity index (χ1) is 16.0. The number of carbonyl (C=O) groups excluding carboxylic acids is 1. The number of nitrogens with zero attached hydrogens (tertiary/aromatic N) is 6. The number of anilines is 1. The Morgan fingerprint density at radius 2 is 2.00 bits per heavy atom. The van der Waals surface area contributed by atoms with Gasteiger partial charge in [-0.2, -0.15) is 10.4 Å². The Morgan fingerprint density at radius 3 is 2.85 bits per heavy atom. The second-order valence-electron chi connectivity index (χ2n) is 7.68. The number of hydrogen-bond donors (Lipinski definition) is 1. The van der Waals surface area contributed by atoms with Crippen molar-refractivity contribution in [1.29, 1.82) is 5.26 Å². The van der Waals surface area contributed by atoms with Gasteiger partial charge in [0.1, 0.15) is 5.52 Å². The first-order valence-corrected chi connectivity index (χ1v) is 11.2. The molecule has 9 heteroatoms. The largest absolute Gasteiger partial charge is 0.325 e. The second-order valence-corrected chi connectivity index (χ2v) is 8.62. The summed E-state index contributed by atoms with van der Waals surface area (Å²) in [5, 5.41) is 25.8. The highest BCUT2D eigenvalue weighted by atomic mass is 32.2. The molecule has 3 heterocycles. The van der Waals surface area contributed by atoms with Gasteiger partial charge in [-0.3, -0.25) is 9.20 Å². The van der Waals surface area contributed by atoms with E-state index in [9.17, 15) is 4.79 Å². The average molecular weight is 454 g/mol. The first-order valence-electron chi connectivity index (χ1n) is 10.3. The van der Waals surface area contributed by atoms with Gasteiger partial charge in [0, 0.05) is 23.6 Å². The van der Waals surface area contributed by atoms with Crippen LogP contribution >= 0.6 is 11.8 Å². The van der Waals surface area contributed by atoms with Gasteiger partial charge in [-0.25, -0.2) is 4.52 Å². The lowest BCUT2D eigenvalue weighted by Crippen LogP contribution is -2.14. The van der Waals surface area contributed by atoms with Gasteiger partial charge >= 0.3 is 0 Å². The molecule has 0 atom stereocenters. The van der Waals surface area contributed by atoms with Crippen LogP contribution in [0.25, 0.3) is 22.4 Å². The molecule has 2 aromatic carbocycles. The molecule has 0 bridgehead atoms. The van der Waals surface area contributed by atoms with Crippen LogP contribution in [-0.2, 0) is 4.79 Å². The molecule has 33 heavy (non-hydrogen) atoms. The van der Waals surface area contributed by atoms with Gasteiger partial charge in [0.2, 0.25) is 5.91 Å². The van der Waals surface area contributed by atoms with Gasteiger partial charge in [-0.15, -0.1) is 10.2 Å². The number of thioether (sulfide) groups is 1. The van der Waals surface area contributed by atoms with E-state index in [1.807, 2.05) is 22.9 Å². The summed E-state index contributed by atoms with van der Waals surface area (Å²) in [5.41, 5.74) is 6.89. The van der Waals surface area contributed by atoms with Crippen LogP contribution in [-0.4, -0.2) is 35.9 Å². The van der Waals surface area contributed by atoms with Crippen LogP contribution < -0.4 is 5.32 Å². The smallest absolute Gasteiger partial charge is 0.234 e. The van der Waals surface area contributed by atoms with Crippen LogP contribution in [0.2, 0.25) is 0 Å². The molecule has 1 N–H and O–H groups in total. The molecule has 5 rings (SSSR count). The van der Waals surface area contributed by atoms with Gasteiger partial charge in [-0.05, 0) is 49.7 Å². The van der Waals surface area contributed by atoms with Crippen LogP contribution in [0.1, 0.15) is 16.7 Å². The number of aryl methyl sites for hydroxylation is 2. The highest BCUT2D eigenvalue weighted by Crippen LogP contribution is 2.27. The lowest BCUT2D eigenvalue weighted by atomic mass is 10.0. The number of benzene rings is 2. The van der Waals surface area contributed by atoms with E-state index >= 15 is 0 Å². The third-order valence-electron chi connectivity index (χ3n) is 5.26. The van der Waals surface area contributed by atoms with Crippen LogP contribution in [0.5, 0.6) is 0 Å². The molecule has 1 amide bonds. The molecule has 3 aromatic heterocycles. The molecule has 162 valence electrons. The predicted octanol–water partition coefficient (Wildman–Crippen LogP) is 4.26. The second kappa shape index (κ2) is 8.41. The van der Waals surface area contributed by atoms with Gasteiger partial charge in [-0.1, -0.05) is 35.5 Å². The van der Waals surface area contributed by atoms with Gasteiger partial charge in [0.05, 0.1) is 23.1 Å². The summed E-state index contributed by atoms with van der Waals surface area (Å²) in [6.07, 6.45) is 3.71. The number of nitrogens with one attached hydrogen (secondary N) is 1. The number of amides is 1. The van der Waals surface area contributed by atoms with Crippen LogP contribution in [0.3, 0.4) is 0 Å². The summed E-state index contributed by atoms with van der Waals surface area (Å²) < 4.78 is 3.66. The first kappa shape index (κ1) is 20.7. The molecule has 0 aliphatic heterocycles. The number of nitriles is 1. The van der Waals surface area contributed by atoms with Crippen molar-refractivity contribution >= 4 is 34.5 Å². The molecule has 5 aromatic rings. The Balaban J connectivity index is 1.38. The van der Waals surface area contributed by atoms with Gasteiger partial charge in [0.25, 0.3) is 0 Å². The van der Waals surface area contributed by atoms with Crippen molar-refractivity contribution in [3.8, 4) is 17.3 Å². The van der Waals surface area contributed by atoms with E-state index < -0.39 is 0 Å². The predicted molar refractivity (Wildman–Crippen MR) is 127 cm³/mol. The van der Waals surface area contributed by atoms with Crippen molar-refractivity contribution in [2.75, 3.05) is 11.1 Å². The van der Waals surface area contributed by atoms with E-state index in [4.69, 9.17) is 10.4 Å². The summed E-state index contributed by atoms with van der Waals surface area (Å²) in [6, 6.07) is 17.2. The molecule has 0 saturated heterocycles. The van der Waals surface area contributed by atoms with Crippen molar-refractivity contribution < 1.29 is 4.79 Å². The van der Waals surface area contributed by atoms with E-state index in [1.54, 1.807) is 28.8 Å². The molecule has 0 radical (unpaired) electrons. The van der Waals surface area contributed by atoms with E-state index in [0.717, 1.165) is 22.3 Å². The molecule has 8 nitrogen and oxygen atoms in total. The molecule has 0 fully saturated rings. The van der Waals surface area contributed by atoms with Crippen LogP contribution in [0.15, 0.2) is 66.1 Å². The van der Waals surface area contributed by atoms with Crippen molar-refractivity contribution in [2.24, 2.45) is 0 Å². The lowest BCUT2D eigenvalue weighted by molar-refractivity contribution is -0.113. The zero-order chi connectivity index (χ0) is 22.9. The Kier molecular flexibility index (Phi) is 5.28. The Bertz CT molecular complexity index is 1560. The zero-order valence-corrected chi connectivity index (χ0v) is 18.8. The molecular formula is C24H19N7OS. The summed E-state index contributed by atoms with van der Waals surface area (Å²) in [6.45, 7) is 4.14. The van der Waals surface area contributed by atoms with Crippen molar-refractivity contribution in [3.63, 3.8) is 0 Å². The van der Waals surface area contributed by atoms with E-state index in [0.29, 0.717) is 22.1 Å². The summed E-state index contributed by atoms with van der Waals surface area (Å²) >= 11 is 1.29. The Morgan fingerprint density at radius 1 is 1.12 bits per heavy atom. The molecule has 0 aliphatic rings. The quantitative estimate of drug-likeness (QED) is 0.399. The highest BCUT2D eigenvalue weighted by molar-refractivity contribution is 7.99. The number of hydrogen-bond acceptors (Lipinski definition) is 6. The third kappa shape index (κ3) is 4.04. The number of fused-ring (bicyclic) bond motifs is 3. The standard InChI is InChI=1S/C24H19N7OS/c1-15-6-7-16(2)19(10-15)20-12-21-23-27-28-24(30(23)8-9-31(21)29-20)33-14-22(32)26-18-5-3-4-17(11-18)13-25/h3-12H,14H2,1-2H3,(H,26,32).